The maximum Gasteiger partial charge on any atom is 0.161 e. The highest BCUT2D eigenvalue weighted by atomic mass is 32.2. The van der Waals surface area contributed by atoms with Crippen molar-refractivity contribution in [3.8, 4) is 11.5 Å². The molecule has 2 aliphatic rings. The lowest BCUT2D eigenvalue weighted by molar-refractivity contribution is -0.129. The Morgan fingerprint density at radius 1 is 1.07 bits per heavy atom. The average Bonchev–Trinajstić information content (AvgIpc) is 2.77. The van der Waals surface area contributed by atoms with Gasteiger partial charge in [0, 0.05) is 37.2 Å². The van der Waals surface area contributed by atoms with Crippen LogP contribution in [0.3, 0.4) is 0 Å². The highest BCUT2D eigenvalue weighted by Crippen LogP contribution is 2.42. The number of thioether (sulfide) groups is 1. The van der Waals surface area contributed by atoms with E-state index in [1.807, 2.05) is 0 Å². The fourth-order valence-electron chi connectivity index (χ4n) is 4.81. The molecule has 1 fully saturated rings. The Labute approximate surface area is 184 Å². The molecule has 0 unspecified atom stereocenters. The molecule has 0 radical (unpaired) electrons. The van der Waals surface area contributed by atoms with Gasteiger partial charge in [0.15, 0.2) is 11.5 Å². The summed E-state index contributed by atoms with van der Waals surface area (Å²) in [5.74, 6) is 3.82. The number of piperidine rings is 1. The second-order valence-electron chi connectivity index (χ2n) is 8.39. The largest absolute Gasteiger partial charge is 0.493 e. The van der Waals surface area contributed by atoms with Gasteiger partial charge in [-0.05, 0) is 48.3 Å². The van der Waals surface area contributed by atoms with E-state index in [0.29, 0.717) is 18.0 Å². The molecule has 3 rings (SSSR count). The van der Waals surface area contributed by atoms with Crippen LogP contribution in [-0.2, 0) is 11.2 Å². The van der Waals surface area contributed by atoms with Crippen LogP contribution in [0.4, 0.5) is 4.39 Å². The van der Waals surface area contributed by atoms with Crippen molar-refractivity contribution in [1.82, 2.24) is 4.90 Å². The van der Waals surface area contributed by atoms with Crippen LogP contribution < -0.4 is 9.47 Å². The first-order valence-electron chi connectivity index (χ1n) is 11.3. The van der Waals surface area contributed by atoms with Crippen molar-refractivity contribution in [2.45, 2.75) is 57.4 Å². The first-order valence-corrected chi connectivity index (χ1v) is 12.5. The number of ether oxygens (including phenoxy) is 2. The fraction of sp³-hybridized carbons (Fsp3) is 0.708. The van der Waals surface area contributed by atoms with Crippen molar-refractivity contribution >= 4 is 17.5 Å². The number of halogens is 1. The number of ketones is 1. The second-order valence-corrected chi connectivity index (χ2v) is 9.62. The standard InChI is InChI=1S/C24H36FNO3S/c1-28-23-14-18-9-11-26-17-19(8-6-4-3-5-7-12-30-13-10-25)22(27)16-21(26)20(18)15-24(23)29-2/h14-15,19,21H,3-13,16-17H2,1-2H3/t19-,21-/m1/s1/i25-1. The van der Waals surface area contributed by atoms with Gasteiger partial charge in [0.05, 0.1) is 20.9 Å². The zero-order valence-corrected chi connectivity index (χ0v) is 19.3. The molecule has 4 nitrogen and oxygen atoms in total. The summed E-state index contributed by atoms with van der Waals surface area (Å²) in [5.41, 5.74) is 2.51. The minimum atomic E-state index is -0.217. The van der Waals surface area contributed by atoms with E-state index < -0.39 is 0 Å². The summed E-state index contributed by atoms with van der Waals surface area (Å²) in [6.07, 6.45) is 8.56. The van der Waals surface area contributed by atoms with Crippen LogP contribution in [0.2, 0.25) is 0 Å². The molecule has 0 aromatic heterocycles. The Morgan fingerprint density at radius 2 is 1.80 bits per heavy atom. The molecule has 30 heavy (non-hydrogen) atoms. The molecule has 6 heteroatoms. The van der Waals surface area contributed by atoms with E-state index in [-0.39, 0.29) is 18.6 Å². The Bertz CT molecular complexity index is 699. The highest BCUT2D eigenvalue weighted by molar-refractivity contribution is 7.99. The number of unbranched alkanes of at least 4 members (excludes halogenated alkanes) is 4. The zero-order valence-electron chi connectivity index (χ0n) is 18.5. The van der Waals surface area contributed by atoms with Crippen molar-refractivity contribution < 1.29 is 18.7 Å². The van der Waals surface area contributed by atoms with Gasteiger partial charge in [0.25, 0.3) is 0 Å². The van der Waals surface area contributed by atoms with Crippen LogP contribution in [0.5, 0.6) is 11.5 Å². The van der Waals surface area contributed by atoms with Gasteiger partial charge >= 0.3 is 0 Å². The SMILES string of the molecule is COc1cc2c(cc1OC)[C@H]1CC(=O)[C@H](CCCCCCCSCC[18F])CN1CC2. The summed E-state index contributed by atoms with van der Waals surface area (Å²) in [7, 11) is 3.33. The number of Topliss-reactive ketones (excluding diaryl/α,β-unsaturated/α-hetero) is 1. The van der Waals surface area contributed by atoms with E-state index in [4.69, 9.17) is 9.47 Å². The zero-order chi connectivity index (χ0) is 21.3. The van der Waals surface area contributed by atoms with Crippen molar-refractivity contribution in [2.24, 2.45) is 5.92 Å². The van der Waals surface area contributed by atoms with Gasteiger partial charge in [-0.25, -0.2) is 0 Å². The molecule has 1 aromatic carbocycles. The van der Waals surface area contributed by atoms with Gasteiger partial charge in [-0.1, -0.05) is 25.7 Å². The van der Waals surface area contributed by atoms with Gasteiger partial charge < -0.3 is 9.47 Å². The Morgan fingerprint density at radius 3 is 2.57 bits per heavy atom. The minimum Gasteiger partial charge on any atom is -0.493 e. The predicted octanol–water partition coefficient (Wildman–Crippen LogP) is 5.24. The number of carbonyl (C=O) groups excluding carboxylic acids is 1. The molecule has 1 aromatic rings. The fourth-order valence-corrected chi connectivity index (χ4v) is 5.54. The summed E-state index contributed by atoms with van der Waals surface area (Å²) >= 11 is 1.71. The maximum atomic E-state index is 12.9. The Kier molecular flexibility index (Phi) is 9.31. The summed E-state index contributed by atoms with van der Waals surface area (Å²) in [6.45, 7) is 1.68. The third-order valence-corrected chi connectivity index (χ3v) is 7.50. The molecule has 168 valence electrons. The molecule has 2 aliphatic heterocycles. The minimum absolute atomic E-state index is 0.180. The molecular weight excluding hydrogens is 400 g/mol. The molecule has 0 N–H and O–H groups in total. The van der Waals surface area contributed by atoms with Gasteiger partial charge in [-0.2, -0.15) is 11.8 Å². The quantitative estimate of drug-likeness (QED) is 0.419. The molecule has 0 saturated carbocycles. The van der Waals surface area contributed by atoms with E-state index in [2.05, 4.69) is 17.0 Å². The van der Waals surface area contributed by atoms with Crippen LogP contribution in [0.15, 0.2) is 12.1 Å². The normalized spacial score (nSPS) is 21.2. The third kappa shape index (κ3) is 5.91. The van der Waals surface area contributed by atoms with Gasteiger partial charge in [0.1, 0.15) is 5.78 Å². The van der Waals surface area contributed by atoms with Gasteiger partial charge in [-0.3, -0.25) is 14.1 Å². The van der Waals surface area contributed by atoms with E-state index in [1.54, 1.807) is 26.0 Å². The monoisotopic (exact) mass is 436 g/mol. The number of rotatable bonds is 12. The van der Waals surface area contributed by atoms with Gasteiger partial charge in [-0.15, -0.1) is 0 Å². The summed E-state index contributed by atoms with van der Waals surface area (Å²) < 4.78 is 23.0. The van der Waals surface area contributed by atoms with E-state index in [0.717, 1.165) is 49.6 Å². The van der Waals surface area contributed by atoms with Gasteiger partial charge in [0.2, 0.25) is 0 Å². The van der Waals surface area contributed by atoms with Crippen molar-refractivity contribution in [3.05, 3.63) is 23.3 Å². The number of benzene rings is 1. The molecule has 0 bridgehead atoms. The molecule has 0 amide bonds. The number of carbonyl (C=O) groups is 1. The lowest BCUT2D eigenvalue weighted by Gasteiger charge is -2.43. The molecule has 1 saturated heterocycles. The Hall–Kier alpha value is -1.27. The summed E-state index contributed by atoms with van der Waals surface area (Å²) in [4.78, 5) is 15.4. The first-order chi connectivity index (χ1) is 14.7. The smallest absolute Gasteiger partial charge is 0.161 e. The molecule has 0 aliphatic carbocycles. The van der Waals surface area contributed by atoms with E-state index in [1.165, 1.54) is 36.8 Å². The summed E-state index contributed by atoms with van der Waals surface area (Å²) in [6, 6.07) is 4.34. The topological polar surface area (TPSA) is 38.8 Å². The first kappa shape index (κ1) is 23.4. The Balaban J connectivity index is 1.47. The maximum absolute atomic E-state index is 12.9. The molecular formula is C24H36FNO3S. The average molecular weight is 437 g/mol. The van der Waals surface area contributed by atoms with Crippen LogP contribution in [0, 0.1) is 5.92 Å². The van der Waals surface area contributed by atoms with Crippen molar-refractivity contribution in [2.75, 3.05) is 45.5 Å². The number of hydrogen-bond acceptors (Lipinski definition) is 5. The number of fused-ring (bicyclic) bond motifs is 3. The highest BCUT2D eigenvalue weighted by Gasteiger charge is 2.38. The van der Waals surface area contributed by atoms with Crippen molar-refractivity contribution in [3.63, 3.8) is 0 Å². The van der Waals surface area contributed by atoms with Crippen LogP contribution in [-0.4, -0.2) is 56.2 Å². The molecule has 2 heterocycles. The summed E-state index contributed by atoms with van der Waals surface area (Å²) in [5, 5.41) is 0. The predicted molar refractivity (Wildman–Crippen MR) is 122 cm³/mol. The van der Waals surface area contributed by atoms with Crippen LogP contribution >= 0.6 is 11.8 Å². The lowest BCUT2D eigenvalue weighted by Crippen LogP contribution is -2.46. The van der Waals surface area contributed by atoms with Crippen LogP contribution in [0.25, 0.3) is 0 Å². The van der Waals surface area contributed by atoms with Crippen molar-refractivity contribution in [1.29, 1.82) is 0 Å². The number of nitrogens with zero attached hydrogens (tertiary/aromatic N) is 1. The van der Waals surface area contributed by atoms with E-state index in [9.17, 15) is 9.18 Å². The number of methoxy groups -OCH3 is 2. The van der Waals surface area contributed by atoms with E-state index >= 15 is 0 Å². The number of alkyl halides is 1. The third-order valence-electron chi connectivity index (χ3n) is 6.48. The number of hydrogen-bond donors (Lipinski definition) is 0. The molecule has 2 atom stereocenters. The van der Waals surface area contributed by atoms with Crippen LogP contribution in [0.1, 0.15) is 62.1 Å². The molecule has 0 spiro atoms. The lowest BCUT2D eigenvalue weighted by atomic mass is 9.81. The second kappa shape index (κ2) is 11.9.